The highest BCUT2D eigenvalue weighted by atomic mass is 16.7. The second-order valence-electron chi connectivity index (χ2n) is 5.07. The van der Waals surface area contributed by atoms with Crippen LogP contribution in [-0.4, -0.2) is 18.7 Å². The minimum Gasteiger partial charge on any atom is -0.545 e. The fourth-order valence-electron chi connectivity index (χ4n) is 2.28. The molecule has 25 heavy (non-hydrogen) atoms. The molecule has 1 aliphatic heterocycles. The summed E-state index contributed by atoms with van der Waals surface area (Å²) >= 11 is 0. The Hall–Kier alpha value is -3.79. The minimum absolute atomic E-state index is 0.0549. The maximum atomic E-state index is 12.3. The van der Waals surface area contributed by atoms with E-state index in [9.17, 15) is 20.0 Å². The van der Waals surface area contributed by atoms with Gasteiger partial charge in [-0.2, -0.15) is 5.26 Å². The van der Waals surface area contributed by atoms with E-state index in [1.165, 1.54) is 24.3 Å². The summed E-state index contributed by atoms with van der Waals surface area (Å²) in [5.41, 5.74) is 0.270. The van der Waals surface area contributed by atoms with Gasteiger partial charge in [0.05, 0.1) is 11.7 Å². The Morgan fingerprint density at radius 3 is 2.68 bits per heavy atom. The third-order valence-corrected chi connectivity index (χ3v) is 3.47. The molecule has 7 nitrogen and oxygen atoms in total. The summed E-state index contributed by atoms with van der Waals surface area (Å²) in [6, 6.07) is 12.6. The predicted molar refractivity (Wildman–Crippen MR) is 85.6 cm³/mol. The van der Waals surface area contributed by atoms with Crippen LogP contribution in [0.25, 0.3) is 6.08 Å². The summed E-state index contributed by atoms with van der Waals surface area (Å²) in [6.07, 6.45) is 1.37. The van der Waals surface area contributed by atoms with Crippen molar-refractivity contribution < 1.29 is 24.2 Å². The number of aromatic carboxylic acids is 1. The first kappa shape index (κ1) is 16.1. The van der Waals surface area contributed by atoms with Crippen LogP contribution >= 0.6 is 0 Å². The van der Waals surface area contributed by atoms with Crippen molar-refractivity contribution in [1.82, 2.24) is 0 Å². The molecule has 7 heteroatoms. The van der Waals surface area contributed by atoms with Crippen molar-refractivity contribution in [3.63, 3.8) is 0 Å². The fourth-order valence-corrected chi connectivity index (χ4v) is 2.28. The molecule has 0 atom stereocenters. The number of benzene rings is 2. The van der Waals surface area contributed by atoms with E-state index in [1.54, 1.807) is 30.3 Å². The molecule has 2 aromatic rings. The van der Waals surface area contributed by atoms with E-state index in [1.807, 2.05) is 0 Å². The van der Waals surface area contributed by atoms with Crippen molar-refractivity contribution in [2.24, 2.45) is 0 Å². The standard InChI is InChI=1S/C18H12N2O5/c19-9-12(7-11-5-6-15-16(8-11)25-10-24-15)17(21)20-14-4-2-1-3-13(14)18(22)23/h1-8H,10H2,(H,20,21)(H,22,23)/p-1. The van der Waals surface area contributed by atoms with Gasteiger partial charge in [-0.25, -0.2) is 0 Å². The molecule has 0 unspecified atom stereocenters. The quantitative estimate of drug-likeness (QED) is 0.666. The summed E-state index contributed by atoms with van der Waals surface area (Å²) in [4.78, 5) is 23.4. The minimum atomic E-state index is -1.42. The fraction of sp³-hybridized carbons (Fsp3) is 0.0556. The SMILES string of the molecule is N#CC(=Cc1ccc2c(c1)OCO2)C(=O)Nc1ccccc1C(=O)[O-]. The summed E-state index contributed by atoms with van der Waals surface area (Å²) in [7, 11) is 0. The van der Waals surface area contributed by atoms with Gasteiger partial charge in [0.2, 0.25) is 6.79 Å². The zero-order chi connectivity index (χ0) is 17.8. The van der Waals surface area contributed by atoms with Gasteiger partial charge in [-0.15, -0.1) is 0 Å². The van der Waals surface area contributed by atoms with Crippen molar-refractivity contribution in [3.8, 4) is 17.6 Å². The predicted octanol–water partition coefficient (Wildman–Crippen LogP) is 1.32. The Balaban J connectivity index is 1.85. The van der Waals surface area contributed by atoms with Gasteiger partial charge in [-0.3, -0.25) is 4.79 Å². The number of hydrogen-bond acceptors (Lipinski definition) is 6. The van der Waals surface area contributed by atoms with E-state index >= 15 is 0 Å². The van der Waals surface area contributed by atoms with E-state index in [0.29, 0.717) is 17.1 Å². The number of carbonyl (C=O) groups excluding carboxylic acids is 2. The van der Waals surface area contributed by atoms with Crippen LogP contribution in [0.3, 0.4) is 0 Å². The lowest BCUT2D eigenvalue weighted by Crippen LogP contribution is -2.25. The number of amides is 1. The molecule has 0 saturated heterocycles. The molecule has 1 amide bonds. The number of para-hydroxylation sites is 1. The first-order chi connectivity index (χ1) is 12.1. The molecule has 0 bridgehead atoms. The Morgan fingerprint density at radius 2 is 1.92 bits per heavy atom. The number of rotatable bonds is 4. The van der Waals surface area contributed by atoms with Crippen LogP contribution in [0.15, 0.2) is 48.0 Å². The Labute approximate surface area is 142 Å². The number of nitrogens with one attached hydrogen (secondary N) is 1. The maximum absolute atomic E-state index is 12.3. The van der Waals surface area contributed by atoms with E-state index in [4.69, 9.17) is 9.47 Å². The molecule has 1 heterocycles. The van der Waals surface area contributed by atoms with Gasteiger partial charge in [0.1, 0.15) is 11.6 Å². The lowest BCUT2D eigenvalue weighted by Gasteiger charge is -2.11. The van der Waals surface area contributed by atoms with Crippen LogP contribution in [0.4, 0.5) is 5.69 Å². The Morgan fingerprint density at radius 1 is 1.16 bits per heavy atom. The highest BCUT2D eigenvalue weighted by molar-refractivity contribution is 6.11. The number of nitrogens with zero attached hydrogens (tertiary/aromatic N) is 1. The average molecular weight is 335 g/mol. The molecule has 3 rings (SSSR count). The molecule has 1 aliphatic rings. The first-order valence-electron chi connectivity index (χ1n) is 7.21. The second kappa shape index (κ2) is 6.76. The summed E-state index contributed by atoms with van der Waals surface area (Å²) in [5.74, 6) is -1.04. The van der Waals surface area contributed by atoms with Crippen LogP contribution in [0.1, 0.15) is 15.9 Å². The average Bonchev–Trinajstić information content (AvgIpc) is 3.07. The van der Waals surface area contributed by atoms with Gasteiger partial charge in [0, 0.05) is 5.56 Å². The highest BCUT2D eigenvalue weighted by Gasteiger charge is 2.15. The number of hydrogen-bond donors (Lipinski definition) is 1. The molecule has 0 fully saturated rings. The third kappa shape index (κ3) is 3.43. The van der Waals surface area contributed by atoms with Crippen LogP contribution in [-0.2, 0) is 4.79 Å². The van der Waals surface area contributed by atoms with Crippen molar-refractivity contribution >= 4 is 23.6 Å². The van der Waals surface area contributed by atoms with Crippen molar-refractivity contribution in [2.75, 3.05) is 12.1 Å². The molecule has 0 radical (unpaired) electrons. The second-order valence-corrected chi connectivity index (χ2v) is 5.07. The number of carboxylic acids is 1. The number of fused-ring (bicyclic) bond motifs is 1. The molecular formula is C18H11N2O5-. The Kier molecular flexibility index (Phi) is 4.35. The maximum Gasteiger partial charge on any atom is 0.266 e. The number of anilines is 1. The summed E-state index contributed by atoms with van der Waals surface area (Å²) in [6.45, 7) is 0.119. The van der Waals surface area contributed by atoms with Crippen LogP contribution in [0, 0.1) is 11.3 Å². The lowest BCUT2D eigenvalue weighted by molar-refractivity contribution is -0.254. The van der Waals surface area contributed by atoms with Gasteiger partial charge < -0.3 is 24.7 Å². The van der Waals surface area contributed by atoms with Crippen molar-refractivity contribution in [1.29, 1.82) is 5.26 Å². The number of ether oxygens (including phenoxy) is 2. The summed E-state index contributed by atoms with van der Waals surface area (Å²) < 4.78 is 10.4. The van der Waals surface area contributed by atoms with Crippen molar-refractivity contribution in [3.05, 3.63) is 59.2 Å². The van der Waals surface area contributed by atoms with E-state index in [0.717, 1.165) is 0 Å². The van der Waals surface area contributed by atoms with Gasteiger partial charge in [-0.05, 0) is 29.8 Å². The molecular weight excluding hydrogens is 324 g/mol. The smallest absolute Gasteiger partial charge is 0.266 e. The highest BCUT2D eigenvalue weighted by Crippen LogP contribution is 2.33. The Bertz CT molecular complexity index is 927. The molecule has 2 aromatic carbocycles. The van der Waals surface area contributed by atoms with E-state index in [2.05, 4.69) is 5.32 Å². The summed E-state index contributed by atoms with van der Waals surface area (Å²) in [5, 5.41) is 22.7. The monoisotopic (exact) mass is 335 g/mol. The van der Waals surface area contributed by atoms with E-state index in [-0.39, 0.29) is 23.6 Å². The number of nitriles is 1. The lowest BCUT2D eigenvalue weighted by atomic mass is 10.1. The zero-order valence-electron chi connectivity index (χ0n) is 12.8. The van der Waals surface area contributed by atoms with Crippen molar-refractivity contribution in [2.45, 2.75) is 0 Å². The molecule has 124 valence electrons. The topological polar surface area (TPSA) is 111 Å². The zero-order valence-corrected chi connectivity index (χ0v) is 12.8. The van der Waals surface area contributed by atoms with Gasteiger partial charge in [0.15, 0.2) is 11.5 Å². The van der Waals surface area contributed by atoms with Gasteiger partial charge >= 0.3 is 0 Å². The third-order valence-electron chi connectivity index (χ3n) is 3.47. The van der Waals surface area contributed by atoms with Crippen LogP contribution in [0.2, 0.25) is 0 Å². The van der Waals surface area contributed by atoms with Crippen LogP contribution < -0.4 is 19.9 Å². The van der Waals surface area contributed by atoms with E-state index < -0.39 is 11.9 Å². The molecule has 0 saturated carbocycles. The first-order valence-corrected chi connectivity index (χ1v) is 7.21. The largest absolute Gasteiger partial charge is 0.545 e. The van der Waals surface area contributed by atoms with Crippen LogP contribution in [0.5, 0.6) is 11.5 Å². The van der Waals surface area contributed by atoms with Gasteiger partial charge in [0.25, 0.3) is 5.91 Å². The van der Waals surface area contributed by atoms with Gasteiger partial charge in [-0.1, -0.05) is 24.3 Å². The normalized spacial score (nSPS) is 12.4. The molecule has 1 N–H and O–H groups in total. The number of carbonyl (C=O) groups is 2. The number of carboxylic acid groups (broad SMARTS) is 1. The molecule has 0 aromatic heterocycles. The molecule has 0 aliphatic carbocycles. The molecule has 0 spiro atoms.